The van der Waals surface area contributed by atoms with Crippen LogP contribution in [-0.4, -0.2) is 34.4 Å². The van der Waals surface area contributed by atoms with Crippen LogP contribution in [0.5, 0.6) is 5.75 Å². The van der Waals surface area contributed by atoms with Crippen LogP contribution < -0.4 is 15.0 Å². The van der Waals surface area contributed by atoms with Crippen molar-refractivity contribution in [2.45, 2.75) is 45.8 Å². The van der Waals surface area contributed by atoms with Gasteiger partial charge in [-0.2, -0.15) is 5.26 Å². The third kappa shape index (κ3) is 4.38. The molecule has 0 radical (unpaired) electrons. The predicted octanol–water partition coefficient (Wildman–Crippen LogP) is 4.08. The van der Waals surface area contributed by atoms with Crippen molar-refractivity contribution in [2.24, 2.45) is 0 Å². The van der Waals surface area contributed by atoms with Crippen molar-refractivity contribution in [1.82, 2.24) is 9.97 Å². The Morgan fingerprint density at radius 2 is 2.24 bits per heavy atom. The molecular weight excluding hydrogens is 438 g/mol. The highest BCUT2D eigenvalue weighted by Crippen LogP contribution is 2.32. The number of nitriles is 1. The van der Waals surface area contributed by atoms with Crippen molar-refractivity contribution >= 4 is 39.9 Å². The molecule has 1 aliphatic rings. The SMILES string of the molecule is CC(C)Oc1cc(NC(=O)N2c3nc(C=O)c(Br)cc3CC[C@H]2C)ncc1C#N. The number of anilines is 2. The van der Waals surface area contributed by atoms with Gasteiger partial charge in [0.15, 0.2) is 6.29 Å². The number of nitrogens with zero attached hydrogens (tertiary/aromatic N) is 4. The van der Waals surface area contributed by atoms with Crippen LogP contribution in [0.1, 0.15) is 48.8 Å². The molecule has 1 N–H and O–H groups in total. The normalized spacial score (nSPS) is 15.4. The summed E-state index contributed by atoms with van der Waals surface area (Å²) in [6.45, 7) is 5.62. The Morgan fingerprint density at radius 1 is 1.48 bits per heavy atom. The van der Waals surface area contributed by atoms with Crippen LogP contribution in [0.3, 0.4) is 0 Å². The second kappa shape index (κ2) is 8.57. The summed E-state index contributed by atoms with van der Waals surface area (Å²) < 4.78 is 6.24. The van der Waals surface area contributed by atoms with Crippen molar-refractivity contribution in [3.63, 3.8) is 0 Å². The van der Waals surface area contributed by atoms with E-state index in [0.717, 1.165) is 18.4 Å². The number of nitrogens with one attached hydrogen (secondary N) is 1. The van der Waals surface area contributed by atoms with Gasteiger partial charge in [-0.3, -0.25) is 15.0 Å². The van der Waals surface area contributed by atoms with Gasteiger partial charge in [0, 0.05) is 16.6 Å². The molecule has 0 bridgehead atoms. The third-order valence-corrected chi connectivity index (χ3v) is 5.11. The number of rotatable bonds is 4. The minimum absolute atomic E-state index is 0.111. The van der Waals surface area contributed by atoms with Gasteiger partial charge in [0.05, 0.1) is 12.3 Å². The fourth-order valence-electron chi connectivity index (χ4n) is 3.12. The number of carbonyl (C=O) groups excluding carboxylic acids is 2. The molecule has 3 heterocycles. The first-order valence-corrected chi connectivity index (χ1v) is 9.95. The minimum Gasteiger partial charge on any atom is -0.489 e. The molecule has 0 aromatic carbocycles. The average Bonchev–Trinajstić information content (AvgIpc) is 2.67. The molecule has 0 spiro atoms. The Labute approximate surface area is 177 Å². The van der Waals surface area contributed by atoms with E-state index in [4.69, 9.17) is 4.74 Å². The lowest BCUT2D eigenvalue weighted by atomic mass is 10.00. The number of hydrogen-bond donors (Lipinski definition) is 1. The molecule has 29 heavy (non-hydrogen) atoms. The highest BCUT2D eigenvalue weighted by Gasteiger charge is 2.31. The highest BCUT2D eigenvalue weighted by molar-refractivity contribution is 9.10. The fraction of sp³-hybridized carbons (Fsp3) is 0.350. The Hall–Kier alpha value is -2.99. The largest absolute Gasteiger partial charge is 0.489 e. The maximum atomic E-state index is 13.0. The van der Waals surface area contributed by atoms with E-state index in [1.54, 1.807) is 0 Å². The third-order valence-electron chi connectivity index (χ3n) is 4.47. The fourth-order valence-corrected chi connectivity index (χ4v) is 3.57. The van der Waals surface area contributed by atoms with Gasteiger partial charge in [-0.1, -0.05) is 0 Å². The Bertz CT molecular complexity index is 1000. The van der Waals surface area contributed by atoms with Crippen molar-refractivity contribution in [3.8, 4) is 11.8 Å². The molecule has 0 unspecified atom stereocenters. The molecule has 1 aliphatic heterocycles. The quantitative estimate of drug-likeness (QED) is 0.692. The second-order valence-electron chi connectivity index (χ2n) is 6.99. The molecule has 0 saturated heterocycles. The molecule has 150 valence electrons. The zero-order valence-electron chi connectivity index (χ0n) is 16.3. The topological polar surface area (TPSA) is 108 Å². The molecule has 8 nitrogen and oxygen atoms in total. The summed E-state index contributed by atoms with van der Waals surface area (Å²) in [6.07, 6.45) is 3.40. The number of amides is 2. The first kappa shape index (κ1) is 20.7. The lowest BCUT2D eigenvalue weighted by Crippen LogP contribution is -2.45. The van der Waals surface area contributed by atoms with Crippen molar-refractivity contribution in [2.75, 3.05) is 10.2 Å². The van der Waals surface area contributed by atoms with Crippen LogP contribution in [0.15, 0.2) is 22.8 Å². The summed E-state index contributed by atoms with van der Waals surface area (Å²) in [5.41, 5.74) is 1.41. The highest BCUT2D eigenvalue weighted by atomic mass is 79.9. The van der Waals surface area contributed by atoms with Crippen molar-refractivity contribution in [1.29, 1.82) is 5.26 Å². The van der Waals surface area contributed by atoms with Crippen molar-refractivity contribution < 1.29 is 14.3 Å². The van der Waals surface area contributed by atoms with E-state index in [1.165, 1.54) is 17.2 Å². The number of urea groups is 1. The van der Waals surface area contributed by atoms with Crippen molar-refractivity contribution in [3.05, 3.63) is 39.6 Å². The van der Waals surface area contributed by atoms with Gasteiger partial charge in [-0.05, 0) is 61.2 Å². The van der Waals surface area contributed by atoms with E-state index < -0.39 is 6.03 Å². The summed E-state index contributed by atoms with van der Waals surface area (Å²) in [4.78, 5) is 34.4. The first-order valence-electron chi connectivity index (χ1n) is 9.15. The number of aldehydes is 1. The van der Waals surface area contributed by atoms with Gasteiger partial charge in [0.1, 0.15) is 34.7 Å². The van der Waals surface area contributed by atoms with Crippen LogP contribution in [0.2, 0.25) is 0 Å². The number of carbonyl (C=O) groups is 2. The number of aryl methyl sites for hydroxylation is 1. The number of pyridine rings is 2. The minimum atomic E-state index is -0.419. The Balaban J connectivity index is 1.92. The van der Waals surface area contributed by atoms with Gasteiger partial charge >= 0.3 is 6.03 Å². The maximum absolute atomic E-state index is 13.0. The molecule has 2 aromatic rings. The molecule has 1 atom stereocenters. The number of fused-ring (bicyclic) bond motifs is 1. The molecule has 0 saturated carbocycles. The van der Waals surface area contributed by atoms with E-state index in [9.17, 15) is 14.9 Å². The number of halogens is 1. The summed E-state index contributed by atoms with van der Waals surface area (Å²) in [5.74, 6) is 1.07. The van der Waals surface area contributed by atoms with Crippen LogP contribution in [0.4, 0.5) is 16.4 Å². The lowest BCUT2D eigenvalue weighted by molar-refractivity contribution is 0.111. The summed E-state index contributed by atoms with van der Waals surface area (Å²) in [7, 11) is 0. The van der Waals surface area contributed by atoms with Crippen LogP contribution in [0, 0.1) is 11.3 Å². The van der Waals surface area contributed by atoms with Crippen LogP contribution >= 0.6 is 15.9 Å². The molecule has 2 aromatic heterocycles. The van der Waals surface area contributed by atoms with E-state index in [0.29, 0.717) is 22.3 Å². The standard InChI is InChI=1S/C20H20BrN5O3/c1-11(2)29-17-7-18(23-9-14(17)8-22)25-20(28)26-12(3)4-5-13-6-15(21)16(10-27)24-19(13)26/h6-7,9-12H,4-5H2,1-3H3,(H,23,25,28)/t12-/m1/s1. The Morgan fingerprint density at radius 3 is 2.90 bits per heavy atom. The molecule has 9 heteroatoms. The van der Waals surface area contributed by atoms with Gasteiger partial charge < -0.3 is 4.74 Å². The maximum Gasteiger partial charge on any atom is 0.328 e. The Kier molecular flexibility index (Phi) is 6.13. The van der Waals surface area contributed by atoms with E-state index in [2.05, 4.69) is 31.2 Å². The summed E-state index contributed by atoms with van der Waals surface area (Å²) >= 11 is 3.34. The number of ether oxygens (including phenoxy) is 1. The van der Waals surface area contributed by atoms with Crippen LogP contribution in [0.25, 0.3) is 0 Å². The van der Waals surface area contributed by atoms with E-state index in [-0.39, 0.29) is 29.2 Å². The molecule has 0 fully saturated rings. The predicted molar refractivity (Wildman–Crippen MR) is 111 cm³/mol. The monoisotopic (exact) mass is 457 g/mol. The summed E-state index contributed by atoms with van der Waals surface area (Å²) in [5, 5.41) is 12.0. The zero-order valence-corrected chi connectivity index (χ0v) is 17.9. The van der Waals surface area contributed by atoms with Gasteiger partial charge in [-0.15, -0.1) is 0 Å². The van der Waals surface area contributed by atoms with Gasteiger partial charge in [-0.25, -0.2) is 14.8 Å². The smallest absolute Gasteiger partial charge is 0.328 e. The second-order valence-corrected chi connectivity index (χ2v) is 7.84. The first-order chi connectivity index (χ1) is 13.8. The van der Waals surface area contributed by atoms with Crippen LogP contribution in [-0.2, 0) is 6.42 Å². The van der Waals surface area contributed by atoms with E-state index >= 15 is 0 Å². The van der Waals surface area contributed by atoms with Gasteiger partial charge in [0.2, 0.25) is 0 Å². The molecule has 2 amide bonds. The zero-order chi connectivity index (χ0) is 21.1. The van der Waals surface area contributed by atoms with Gasteiger partial charge in [0.25, 0.3) is 0 Å². The molecule has 0 aliphatic carbocycles. The molecular formula is C20H20BrN5O3. The summed E-state index contributed by atoms with van der Waals surface area (Å²) in [6, 6.07) is 4.85. The van der Waals surface area contributed by atoms with E-state index in [1.807, 2.05) is 32.9 Å². The lowest BCUT2D eigenvalue weighted by Gasteiger charge is -2.34. The number of aromatic nitrogens is 2. The number of hydrogen-bond acceptors (Lipinski definition) is 6. The average molecular weight is 458 g/mol. The molecule has 3 rings (SSSR count).